The molecule has 3 atom stereocenters. The molecular weight excluding hydrogens is 562 g/mol. The highest BCUT2D eigenvalue weighted by atomic mass is 16.5. The molecule has 1 rings (SSSR count). The number of carbonyl (C=O) groups excluding carboxylic acids is 1. The molecule has 3 unspecified atom stereocenters. The number of likely N-dealkylation sites (tertiary alicyclic amines) is 1. The lowest BCUT2D eigenvalue weighted by Crippen LogP contribution is -2.31. The fraction of sp³-hybridized carbons (Fsp3) is 0.884. The second-order valence-electron chi connectivity index (χ2n) is 15.0. The van der Waals surface area contributed by atoms with Gasteiger partial charge in [0.2, 0.25) is 0 Å². The molecule has 270 valence electrons. The van der Waals surface area contributed by atoms with Gasteiger partial charge in [-0.25, -0.2) is 0 Å². The van der Waals surface area contributed by atoms with E-state index in [1.54, 1.807) is 0 Å². The average molecular weight is 644 g/mol. The Balaban J connectivity index is 2.30. The fourth-order valence-electron chi connectivity index (χ4n) is 7.15. The van der Waals surface area contributed by atoms with Gasteiger partial charge in [-0.05, 0) is 116 Å². The minimum absolute atomic E-state index is 0.100. The van der Waals surface area contributed by atoms with E-state index in [1.807, 2.05) is 0 Å². The summed E-state index contributed by atoms with van der Waals surface area (Å²) in [4.78, 5) is 15.6. The molecule has 0 N–H and O–H groups in total. The Kier molecular flexibility index (Phi) is 29.1. The first-order valence-corrected chi connectivity index (χ1v) is 20.7. The molecule has 3 heteroatoms. The molecule has 3 nitrogen and oxygen atoms in total. The van der Waals surface area contributed by atoms with Gasteiger partial charge in [-0.1, -0.05) is 141 Å². The first-order chi connectivity index (χ1) is 22.5. The number of ether oxygens (including phenoxy) is 1. The summed E-state index contributed by atoms with van der Waals surface area (Å²) in [7, 11) is 2.19. The van der Waals surface area contributed by atoms with Gasteiger partial charge >= 0.3 is 5.97 Å². The van der Waals surface area contributed by atoms with Crippen molar-refractivity contribution in [3.63, 3.8) is 0 Å². The lowest BCUT2D eigenvalue weighted by Gasteiger charge is -2.26. The van der Waals surface area contributed by atoms with Crippen LogP contribution < -0.4 is 0 Å². The summed E-state index contributed by atoms with van der Waals surface area (Å²) in [6.45, 7) is 13.5. The lowest BCUT2D eigenvalue weighted by atomic mass is 9.93. The highest BCUT2D eigenvalue weighted by molar-refractivity contribution is 5.72. The van der Waals surface area contributed by atoms with Crippen LogP contribution in [0.3, 0.4) is 0 Å². The van der Waals surface area contributed by atoms with Crippen LogP contribution in [0.1, 0.15) is 207 Å². The number of nitrogens with zero attached hydrogens (tertiary/aromatic N) is 1. The van der Waals surface area contributed by atoms with Gasteiger partial charge in [-0.3, -0.25) is 4.79 Å². The Labute approximate surface area is 289 Å². The van der Waals surface area contributed by atoms with Crippen LogP contribution in [0.4, 0.5) is 0 Å². The number of esters is 1. The second kappa shape index (κ2) is 31.2. The number of hydrogen-bond donors (Lipinski definition) is 0. The molecular formula is C43H81NO2. The van der Waals surface area contributed by atoms with Crippen molar-refractivity contribution in [2.75, 3.05) is 20.1 Å². The Morgan fingerprint density at radius 3 is 1.96 bits per heavy atom. The van der Waals surface area contributed by atoms with Gasteiger partial charge < -0.3 is 9.64 Å². The molecule has 0 saturated carbocycles. The molecule has 0 aliphatic carbocycles. The lowest BCUT2D eigenvalue weighted by molar-refractivity contribution is -0.155. The predicted octanol–water partition coefficient (Wildman–Crippen LogP) is 13.6. The van der Waals surface area contributed by atoms with Crippen LogP contribution in [0.5, 0.6) is 0 Å². The summed E-state index contributed by atoms with van der Waals surface area (Å²) in [5, 5.41) is 0. The van der Waals surface area contributed by atoms with Crippen LogP contribution in [0.2, 0.25) is 0 Å². The summed E-state index contributed by atoms with van der Waals surface area (Å²) in [5.74, 6) is 0.938. The molecule has 1 heterocycles. The SMILES string of the molecule is C=C(CCCCCCCCC(CCCCCCCCCC)OC(=O)C1CCCCN(C)CC1)CCC(/C=C\CCCCC)CCC. The molecule has 0 aromatic carbocycles. The maximum Gasteiger partial charge on any atom is 0.309 e. The minimum atomic E-state index is 0.100. The topological polar surface area (TPSA) is 29.5 Å². The number of carbonyl (C=O) groups is 1. The summed E-state index contributed by atoms with van der Waals surface area (Å²) in [6.07, 6.45) is 41.4. The Morgan fingerprint density at radius 2 is 1.30 bits per heavy atom. The van der Waals surface area contributed by atoms with E-state index in [0.29, 0.717) is 0 Å². The molecule has 0 aromatic heterocycles. The number of rotatable bonds is 30. The molecule has 0 aromatic rings. The third-order valence-corrected chi connectivity index (χ3v) is 10.4. The van der Waals surface area contributed by atoms with Gasteiger partial charge in [0.05, 0.1) is 5.92 Å². The van der Waals surface area contributed by atoms with Crippen LogP contribution in [-0.4, -0.2) is 37.1 Å². The monoisotopic (exact) mass is 644 g/mol. The Bertz CT molecular complexity index is 730. The summed E-state index contributed by atoms with van der Waals surface area (Å²) in [6, 6.07) is 0. The first kappa shape index (κ1) is 42.9. The molecule has 1 aliphatic heterocycles. The van der Waals surface area contributed by atoms with Gasteiger partial charge in [-0.15, -0.1) is 0 Å². The highest BCUT2D eigenvalue weighted by Crippen LogP contribution is 2.24. The number of allylic oxidation sites excluding steroid dienone is 3. The van der Waals surface area contributed by atoms with Crippen molar-refractivity contribution < 1.29 is 9.53 Å². The molecule has 46 heavy (non-hydrogen) atoms. The Morgan fingerprint density at radius 1 is 0.696 bits per heavy atom. The maximum atomic E-state index is 13.2. The molecule has 0 amide bonds. The first-order valence-electron chi connectivity index (χ1n) is 20.7. The summed E-state index contributed by atoms with van der Waals surface area (Å²) in [5.41, 5.74) is 1.46. The van der Waals surface area contributed by atoms with Gasteiger partial charge in [0.1, 0.15) is 6.10 Å². The van der Waals surface area contributed by atoms with E-state index >= 15 is 0 Å². The van der Waals surface area contributed by atoms with Gasteiger partial charge in [0.25, 0.3) is 0 Å². The van der Waals surface area contributed by atoms with E-state index in [4.69, 9.17) is 4.74 Å². The molecule has 0 bridgehead atoms. The second-order valence-corrected chi connectivity index (χ2v) is 15.0. The van der Waals surface area contributed by atoms with Crippen LogP contribution in [-0.2, 0) is 9.53 Å². The molecule has 1 saturated heterocycles. The van der Waals surface area contributed by atoms with Crippen molar-refractivity contribution in [3.05, 3.63) is 24.3 Å². The highest BCUT2D eigenvalue weighted by Gasteiger charge is 2.24. The predicted molar refractivity (Wildman–Crippen MR) is 204 cm³/mol. The van der Waals surface area contributed by atoms with Crippen molar-refractivity contribution in [1.82, 2.24) is 4.90 Å². The normalized spacial score (nSPS) is 17.5. The molecule has 1 aliphatic rings. The zero-order valence-corrected chi connectivity index (χ0v) is 31.8. The van der Waals surface area contributed by atoms with Crippen LogP contribution in [0, 0.1) is 11.8 Å². The third kappa shape index (κ3) is 25.0. The maximum absolute atomic E-state index is 13.2. The van der Waals surface area contributed by atoms with E-state index in [2.05, 4.69) is 51.4 Å². The van der Waals surface area contributed by atoms with Crippen molar-refractivity contribution in [3.8, 4) is 0 Å². The standard InChI is InChI=1S/C43H81NO2/c1-6-9-11-13-14-15-20-24-32-42(46-43(45)41-31-26-27-37-44(5)38-36-41)33-25-21-17-16-19-22-29-39(4)34-35-40(28-8-3)30-23-18-12-10-7-2/h23,30,40-42H,4,6-22,24-29,31-38H2,1-3,5H3/b30-23-. The zero-order chi connectivity index (χ0) is 33.5. The number of hydrogen-bond acceptors (Lipinski definition) is 3. The Hall–Kier alpha value is -1.09. The fourth-order valence-corrected chi connectivity index (χ4v) is 7.15. The van der Waals surface area contributed by atoms with E-state index in [-0.39, 0.29) is 18.0 Å². The number of unbranched alkanes of at least 4 members (excludes halogenated alkanes) is 15. The zero-order valence-electron chi connectivity index (χ0n) is 31.8. The van der Waals surface area contributed by atoms with Gasteiger partial charge in [0, 0.05) is 0 Å². The van der Waals surface area contributed by atoms with E-state index in [1.165, 1.54) is 160 Å². The van der Waals surface area contributed by atoms with Crippen molar-refractivity contribution >= 4 is 5.97 Å². The van der Waals surface area contributed by atoms with E-state index < -0.39 is 0 Å². The quantitative estimate of drug-likeness (QED) is 0.0443. The average Bonchev–Trinajstić information content (AvgIpc) is 3.03. The van der Waals surface area contributed by atoms with E-state index in [9.17, 15) is 4.79 Å². The third-order valence-electron chi connectivity index (χ3n) is 10.4. The summed E-state index contributed by atoms with van der Waals surface area (Å²) >= 11 is 0. The largest absolute Gasteiger partial charge is 0.462 e. The molecule has 0 spiro atoms. The van der Waals surface area contributed by atoms with E-state index in [0.717, 1.165) is 51.1 Å². The smallest absolute Gasteiger partial charge is 0.309 e. The molecule has 1 fully saturated rings. The molecule has 0 radical (unpaired) electrons. The van der Waals surface area contributed by atoms with Crippen molar-refractivity contribution in [2.45, 2.75) is 213 Å². The minimum Gasteiger partial charge on any atom is -0.462 e. The van der Waals surface area contributed by atoms with Crippen LogP contribution in [0.25, 0.3) is 0 Å². The van der Waals surface area contributed by atoms with Crippen molar-refractivity contribution in [2.24, 2.45) is 11.8 Å². The van der Waals surface area contributed by atoms with Gasteiger partial charge in [-0.2, -0.15) is 0 Å². The van der Waals surface area contributed by atoms with Crippen molar-refractivity contribution in [1.29, 1.82) is 0 Å². The van der Waals surface area contributed by atoms with Gasteiger partial charge in [0.15, 0.2) is 0 Å². The van der Waals surface area contributed by atoms with Crippen LogP contribution in [0.15, 0.2) is 24.3 Å². The summed E-state index contributed by atoms with van der Waals surface area (Å²) < 4.78 is 6.27. The van der Waals surface area contributed by atoms with Crippen LogP contribution >= 0.6 is 0 Å².